The number of aryl methyl sites for hydroxylation is 1. The van der Waals surface area contributed by atoms with E-state index in [1.165, 1.54) is 9.75 Å². The second kappa shape index (κ2) is 16.5. The van der Waals surface area contributed by atoms with E-state index in [9.17, 15) is 24.0 Å². The number of hydrogen-bond donors (Lipinski definition) is 5. The molecule has 1 aromatic heterocycles. The highest BCUT2D eigenvalue weighted by Crippen LogP contribution is 2.19. The molecule has 1 heterocycles. The van der Waals surface area contributed by atoms with Crippen LogP contribution < -0.4 is 21.3 Å². The predicted molar refractivity (Wildman–Crippen MR) is 145 cm³/mol. The Morgan fingerprint density at radius 2 is 1.71 bits per heavy atom. The van der Waals surface area contributed by atoms with E-state index in [1.807, 2.05) is 18.2 Å². The molecule has 0 spiro atoms. The zero-order valence-corrected chi connectivity index (χ0v) is 23.3. The third kappa shape index (κ3) is 12.3. The second-order valence-electron chi connectivity index (χ2n) is 8.28. The summed E-state index contributed by atoms with van der Waals surface area (Å²) >= 11 is 4.70. The first-order valence-corrected chi connectivity index (χ1v) is 13.7. The van der Waals surface area contributed by atoms with Gasteiger partial charge in [-0.3, -0.25) is 24.0 Å². The van der Waals surface area contributed by atoms with E-state index in [4.69, 9.17) is 9.84 Å². The minimum Gasteiger partial charge on any atom is -0.481 e. The average molecular weight is 612 g/mol. The molecule has 2 rings (SSSR count). The van der Waals surface area contributed by atoms with Gasteiger partial charge in [-0.15, -0.1) is 11.3 Å². The Balaban J connectivity index is 1.73. The van der Waals surface area contributed by atoms with Crippen LogP contribution in [0.3, 0.4) is 0 Å². The molecule has 2 aromatic rings. The molecule has 0 bridgehead atoms. The molecule has 4 amide bonds. The van der Waals surface area contributed by atoms with Crippen LogP contribution >= 0.6 is 27.3 Å². The van der Waals surface area contributed by atoms with Gasteiger partial charge in [0.25, 0.3) is 0 Å². The Hall–Kier alpha value is -3.29. The van der Waals surface area contributed by atoms with Crippen molar-refractivity contribution in [3.05, 3.63) is 57.3 Å². The number of carboxylic acids is 1. The molecule has 0 fully saturated rings. The molecule has 13 heteroatoms. The Morgan fingerprint density at radius 1 is 0.974 bits per heavy atom. The van der Waals surface area contributed by atoms with Crippen LogP contribution in [0, 0.1) is 6.92 Å². The van der Waals surface area contributed by atoms with E-state index in [1.54, 1.807) is 11.3 Å². The molecule has 206 valence electrons. The number of thiophene rings is 1. The minimum atomic E-state index is -1.19. The van der Waals surface area contributed by atoms with Gasteiger partial charge < -0.3 is 31.1 Å². The van der Waals surface area contributed by atoms with Crippen molar-refractivity contribution in [1.82, 2.24) is 21.3 Å². The highest BCUT2D eigenvalue weighted by Gasteiger charge is 2.22. The van der Waals surface area contributed by atoms with Gasteiger partial charge in [-0.1, -0.05) is 40.2 Å². The van der Waals surface area contributed by atoms with Crippen LogP contribution in [0.5, 0.6) is 0 Å². The smallest absolute Gasteiger partial charge is 0.303 e. The monoisotopic (exact) mass is 610 g/mol. The molecule has 0 unspecified atom stereocenters. The number of halogens is 1. The van der Waals surface area contributed by atoms with E-state index in [-0.39, 0.29) is 31.4 Å². The summed E-state index contributed by atoms with van der Waals surface area (Å²) in [4.78, 5) is 61.2. The molecule has 5 N–H and O–H groups in total. The quantitative estimate of drug-likeness (QED) is 0.108. The Kier molecular flexibility index (Phi) is 13.5. The van der Waals surface area contributed by atoms with Crippen molar-refractivity contribution < 1.29 is 33.8 Å². The van der Waals surface area contributed by atoms with Gasteiger partial charge in [-0.25, -0.2) is 0 Å². The van der Waals surface area contributed by atoms with Crippen molar-refractivity contribution in [2.24, 2.45) is 0 Å². The van der Waals surface area contributed by atoms with Gasteiger partial charge in [0.15, 0.2) is 0 Å². The van der Waals surface area contributed by atoms with Gasteiger partial charge in [0, 0.05) is 22.6 Å². The third-order valence-electron chi connectivity index (χ3n) is 5.10. The van der Waals surface area contributed by atoms with Crippen LogP contribution in [0.15, 0.2) is 36.4 Å². The fraction of sp³-hybridized carbons (Fsp3) is 0.400. The SMILES string of the molecule is Cc1ccc(Cc2cccc(COCNC(=O)CNC(=O)[C@H](CCC(=O)O)NC(=O)CNC(=O)CBr)c2)s1. The molecule has 0 saturated heterocycles. The van der Waals surface area contributed by atoms with Crippen LogP contribution in [0.1, 0.15) is 33.7 Å². The van der Waals surface area contributed by atoms with E-state index < -0.39 is 42.2 Å². The van der Waals surface area contributed by atoms with E-state index in [0.29, 0.717) is 6.61 Å². The fourth-order valence-corrected chi connectivity index (χ4v) is 4.40. The van der Waals surface area contributed by atoms with Crippen molar-refractivity contribution in [2.75, 3.05) is 25.2 Å². The number of alkyl halides is 1. The van der Waals surface area contributed by atoms with Gasteiger partial charge in [0.2, 0.25) is 23.6 Å². The topological polar surface area (TPSA) is 163 Å². The summed E-state index contributed by atoms with van der Waals surface area (Å²) in [7, 11) is 0. The number of carbonyl (C=O) groups excluding carboxylic acids is 4. The summed E-state index contributed by atoms with van der Waals surface area (Å²) in [6, 6.07) is 11.0. The first-order chi connectivity index (χ1) is 18.2. The van der Waals surface area contributed by atoms with Gasteiger partial charge >= 0.3 is 5.97 Å². The number of carboxylic acid groups (broad SMARTS) is 1. The second-order valence-corrected chi connectivity index (χ2v) is 10.2. The highest BCUT2D eigenvalue weighted by molar-refractivity contribution is 9.09. The number of benzene rings is 1. The lowest BCUT2D eigenvalue weighted by Crippen LogP contribution is -2.51. The lowest BCUT2D eigenvalue weighted by Gasteiger charge is -2.18. The molecule has 0 saturated carbocycles. The summed E-state index contributed by atoms with van der Waals surface area (Å²) in [6.45, 7) is 1.52. The molecular weight excluding hydrogens is 580 g/mol. The molecule has 1 atom stereocenters. The normalized spacial score (nSPS) is 11.3. The number of aliphatic carboxylic acids is 1. The van der Waals surface area contributed by atoms with E-state index >= 15 is 0 Å². The minimum absolute atomic E-state index is 0.00372. The number of nitrogens with one attached hydrogen (secondary N) is 4. The fourth-order valence-electron chi connectivity index (χ4n) is 3.27. The maximum atomic E-state index is 12.4. The lowest BCUT2D eigenvalue weighted by molar-refractivity contribution is -0.138. The standard InChI is InChI=1S/C25H31BrN4O7S/c1-16-5-6-19(38-16)10-17-3-2-4-18(9-17)14-37-15-29-22(32)12-28-25(36)20(7-8-24(34)35)30-23(33)13-27-21(31)11-26/h2-6,9,20H,7-8,10-15H2,1H3,(H,27,31)(H,28,36)(H,29,32)(H,30,33)(H,34,35)/t20-/m0/s1. The Labute approximate surface area is 232 Å². The van der Waals surface area contributed by atoms with Crippen LogP contribution in [0.25, 0.3) is 0 Å². The molecule has 1 aromatic carbocycles. The van der Waals surface area contributed by atoms with Gasteiger partial charge in [-0.05, 0) is 36.6 Å². The summed E-state index contributed by atoms with van der Waals surface area (Å²) in [5, 5.41) is 18.5. The van der Waals surface area contributed by atoms with Gasteiger partial charge in [-0.2, -0.15) is 0 Å². The number of ether oxygens (including phenoxy) is 1. The van der Waals surface area contributed by atoms with Crippen molar-refractivity contribution in [3.63, 3.8) is 0 Å². The molecule has 0 aliphatic heterocycles. The van der Waals surface area contributed by atoms with Crippen molar-refractivity contribution >= 4 is 56.9 Å². The number of carbonyl (C=O) groups is 5. The highest BCUT2D eigenvalue weighted by atomic mass is 79.9. The molecule has 0 aliphatic rings. The first kappa shape index (κ1) is 30.9. The van der Waals surface area contributed by atoms with E-state index in [2.05, 4.69) is 62.3 Å². The number of hydrogen-bond acceptors (Lipinski definition) is 7. The number of rotatable bonds is 16. The largest absolute Gasteiger partial charge is 0.481 e. The summed E-state index contributed by atoms with van der Waals surface area (Å²) in [5.74, 6) is -3.48. The van der Waals surface area contributed by atoms with Crippen molar-refractivity contribution in [3.8, 4) is 0 Å². The van der Waals surface area contributed by atoms with Gasteiger partial charge in [0.1, 0.15) is 12.8 Å². The van der Waals surface area contributed by atoms with Crippen LogP contribution in [0.4, 0.5) is 0 Å². The van der Waals surface area contributed by atoms with Crippen LogP contribution in [0.2, 0.25) is 0 Å². The van der Waals surface area contributed by atoms with E-state index in [0.717, 1.165) is 17.5 Å². The average Bonchev–Trinajstić information content (AvgIpc) is 3.30. The molecule has 11 nitrogen and oxygen atoms in total. The van der Waals surface area contributed by atoms with Crippen LogP contribution in [-0.4, -0.2) is 65.9 Å². The van der Waals surface area contributed by atoms with Crippen molar-refractivity contribution in [2.45, 2.75) is 38.8 Å². The van der Waals surface area contributed by atoms with Gasteiger partial charge in [0.05, 0.1) is 25.0 Å². The summed E-state index contributed by atoms with van der Waals surface area (Å²) in [5.41, 5.74) is 2.12. The lowest BCUT2D eigenvalue weighted by atomic mass is 10.1. The zero-order valence-electron chi connectivity index (χ0n) is 20.9. The van der Waals surface area contributed by atoms with Crippen molar-refractivity contribution in [1.29, 1.82) is 0 Å². The number of amides is 4. The molecule has 0 radical (unpaired) electrons. The molecule has 0 aliphatic carbocycles. The van der Waals surface area contributed by atoms with Crippen LogP contribution in [-0.2, 0) is 41.7 Å². The molecular formula is C25H31BrN4O7S. The third-order valence-corrected chi connectivity index (χ3v) is 6.61. The Bertz CT molecular complexity index is 1120. The zero-order chi connectivity index (χ0) is 27.9. The maximum absolute atomic E-state index is 12.4. The molecule has 38 heavy (non-hydrogen) atoms. The Morgan fingerprint density at radius 3 is 2.39 bits per heavy atom. The summed E-state index contributed by atoms with van der Waals surface area (Å²) < 4.78 is 5.52. The first-order valence-electron chi connectivity index (χ1n) is 11.8. The maximum Gasteiger partial charge on any atom is 0.303 e. The summed E-state index contributed by atoms with van der Waals surface area (Å²) in [6.07, 6.45) is 0.275. The predicted octanol–water partition coefficient (Wildman–Crippen LogP) is 1.21.